The summed E-state index contributed by atoms with van der Waals surface area (Å²) in [5, 5.41) is 13.3. The average Bonchev–Trinajstić information content (AvgIpc) is 2.97. The van der Waals surface area contributed by atoms with Gasteiger partial charge in [0.1, 0.15) is 5.01 Å². The largest absolute Gasteiger partial charge is 0.388 e. The fourth-order valence-electron chi connectivity index (χ4n) is 2.22. The van der Waals surface area contributed by atoms with E-state index in [0.29, 0.717) is 6.42 Å². The van der Waals surface area contributed by atoms with Gasteiger partial charge in [-0.25, -0.2) is 4.98 Å². The molecule has 106 valence electrons. The Morgan fingerprint density at radius 2 is 1.76 bits per heavy atom. The number of aliphatic hydroxyl groups excluding tert-OH is 1. The number of hydrogen-bond acceptors (Lipinski definition) is 3. The fraction of sp³-hybridized carbons (Fsp3) is 0.167. The van der Waals surface area contributed by atoms with Crippen LogP contribution in [0, 0.1) is 6.92 Å². The molecular formula is C18H17NOS. The van der Waals surface area contributed by atoms with Gasteiger partial charge >= 0.3 is 0 Å². The van der Waals surface area contributed by atoms with Gasteiger partial charge in [-0.1, -0.05) is 60.2 Å². The Morgan fingerprint density at radius 1 is 1.05 bits per heavy atom. The number of benzene rings is 2. The van der Waals surface area contributed by atoms with Gasteiger partial charge in [-0.05, 0) is 12.5 Å². The van der Waals surface area contributed by atoms with E-state index in [1.54, 1.807) is 11.3 Å². The molecule has 0 bridgehead atoms. The van der Waals surface area contributed by atoms with E-state index in [0.717, 1.165) is 21.8 Å². The molecule has 0 fully saturated rings. The van der Waals surface area contributed by atoms with Crippen molar-refractivity contribution in [3.8, 4) is 10.6 Å². The Balaban J connectivity index is 1.75. The quantitative estimate of drug-likeness (QED) is 0.774. The van der Waals surface area contributed by atoms with Gasteiger partial charge in [0.15, 0.2) is 0 Å². The lowest BCUT2D eigenvalue weighted by molar-refractivity contribution is 0.177. The van der Waals surface area contributed by atoms with Crippen molar-refractivity contribution >= 4 is 11.3 Å². The molecule has 2 nitrogen and oxygen atoms in total. The van der Waals surface area contributed by atoms with Gasteiger partial charge in [0.05, 0.1) is 11.8 Å². The highest BCUT2D eigenvalue weighted by Crippen LogP contribution is 2.26. The smallest absolute Gasteiger partial charge is 0.123 e. The van der Waals surface area contributed by atoms with Gasteiger partial charge in [-0.15, -0.1) is 11.3 Å². The first kappa shape index (κ1) is 14.0. The van der Waals surface area contributed by atoms with Crippen LogP contribution in [0.5, 0.6) is 0 Å². The molecule has 0 spiro atoms. The van der Waals surface area contributed by atoms with Crippen molar-refractivity contribution in [3.05, 3.63) is 76.8 Å². The zero-order valence-electron chi connectivity index (χ0n) is 11.9. The van der Waals surface area contributed by atoms with Gasteiger partial charge in [-0.2, -0.15) is 0 Å². The van der Waals surface area contributed by atoms with Crippen molar-refractivity contribution < 1.29 is 5.11 Å². The van der Waals surface area contributed by atoms with Crippen LogP contribution in [0.4, 0.5) is 0 Å². The third kappa shape index (κ3) is 3.38. The number of rotatable bonds is 4. The maximum absolute atomic E-state index is 10.3. The van der Waals surface area contributed by atoms with Gasteiger partial charge in [0.2, 0.25) is 0 Å². The topological polar surface area (TPSA) is 33.1 Å². The lowest BCUT2D eigenvalue weighted by Crippen LogP contribution is -2.01. The molecule has 1 heterocycles. The first-order valence-corrected chi connectivity index (χ1v) is 7.85. The Hall–Kier alpha value is -1.97. The summed E-state index contributed by atoms with van der Waals surface area (Å²) in [5.74, 6) is 0. The second-order valence-corrected chi connectivity index (χ2v) is 6.00. The van der Waals surface area contributed by atoms with Crippen molar-refractivity contribution in [2.24, 2.45) is 0 Å². The molecule has 0 radical (unpaired) electrons. The first-order chi connectivity index (χ1) is 10.2. The molecule has 0 amide bonds. The van der Waals surface area contributed by atoms with Crippen molar-refractivity contribution in [3.63, 3.8) is 0 Å². The van der Waals surface area contributed by atoms with E-state index in [1.165, 1.54) is 5.56 Å². The molecular weight excluding hydrogens is 278 g/mol. The minimum atomic E-state index is -0.501. The van der Waals surface area contributed by atoms with Crippen LogP contribution in [0.2, 0.25) is 0 Å². The summed E-state index contributed by atoms with van der Waals surface area (Å²) >= 11 is 1.62. The monoisotopic (exact) mass is 295 g/mol. The van der Waals surface area contributed by atoms with Crippen LogP contribution in [-0.2, 0) is 6.42 Å². The van der Waals surface area contributed by atoms with Crippen LogP contribution in [-0.4, -0.2) is 10.1 Å². The summed E-state index contributed by atoms with van der Waals surface area (Å²) < 4.78 is 0. The van der Waals surface area contributed by atoms with Crippen molar-refractivity contribution in [2.45, 2.75) is 19.4 Å². The minimum absolute atomic E-state index is 0.501. The average molecular weight is 295 g/mol. The van der Waals surface area contributed by atoms with E-state index >= 15 is 0 Å². The van der Waals surface area contributed by atoms with Gasteiger partial charge in [0.25, 0.3) is 0 Å². The summed E-state index contributed by atoms with van der Waals surface area (Å²) in [6.45, 7) is 2.08. The summed E-state index contributed by atoms with van der Waals surface area (Å²) in [6, 6.07) is 18.1. The number of nitrogens with zero attached hydrogens (tertiary/aromatic N) is 1. The Bertz CT molecular complexity index is 704. The van der Waals surface area contributed by atoms with Crippen LogP contribution in [0.3, 0.4) is 0 Å². The van der Waals surface area contributed by atoms with E-state index < -0.39 is 6.10 Å². The molecule has 3 aromatic rings. The summed E-state index contributed by atoms with van der Waals surface area (Å²) in [5.41, 5.74) is 4.25. The van der Waals surface area contributed by atoms with Crippen molar-refractivity contribution in [2.75, 3.05) is 0 Å². The second-order valence-electron chi connectivity index (χ2n) is 5.14. The zero-order chi connectivity index (χ0) is 14.7. The lowest BCUT2D eigenvalue weighted by atomic mass is 10.1. The van der Waals surface area contributed by atoms with Crippen LogP contribution in [0.1, 0.15) is 22.9 Å². The van der Waals surface area contributed by atoms with Crippen molar-refractivity contribution in [1.29, 1.82) is 0 Å². The molecule has 1 N–H and O–H groups in total. The lowest BCUT2D eigenvalue weighted by Gasteiger charge is -2.08. The van der Waals surface area contributed by atoms with Gasteiger partial charge in [0, 0.05) is 17.4 Å². The van der Waals surface area contributed by atoms with Crippen LogP contribution >= 0.6 is 11.3 Å². The molecule has 0 aliphatic carbocycles. The molecule has 0 saturated carbocycles. The van der Waals surface area contributed by atoms with E-state index in [-0.39, 0.29) is 0 Å². The Kier molecular flexibility index (Phi) is 4.13. The second kappa shape index (κ2) is 6.20. The van der Waals surface area contributed by atoms with Gasteiger partial charge in [-0.3, -0.25) is 0 Å². The Labute approximate surface area is 128 Å². The van der Waals surface area contributed by atoms with Crippen molar-refractivity contribution in [1.82, 2.24) is 4.98 Å². The molecule has 1 aromatic heterocycles. The molecule has 0 aliphatic rings. The van der Waals surface area contributed by atoms with E-state index in [2.05, 4.69) is 36.2 Å². The Morgan fingerprint density at radius 3 is 2.48 bits per heavy atom. The standard InChI is InChI=1S/C18H17NOS/c1-13-7-9-15(10-8-13)18-19-16(12-21-18)11-17(20)14-5-3-2-4-6-14/h2-10,12,17,20H,11H2,1H3. The molecule has 1 atom stereocenters. The van der Waals surface area contributed by atoms with E-state index in [1.807, 2.05) is 35.7 Å². The molecule has 2 aromatic carbocycles. The molecule has 3 rings (SSSR count). The van der Waals surface area contributed by atoms with Crippen LogP contribution in [0.25, 0.3) is 10.6 Å². The number of thiazole rings is 1. The van der Waals surface area contributed by atoms with E-state index in [9.17, 15) is 5.11 Å². The molecule has 1 unspecified atom stereocenters. The molecule has 21 heavy (non-hydrogen) atoms. The predicted octanol–water partition coefficient (Wildman–Crippen LogP) is 4.39. The highest BCUT2D eigenvalue weighted by atomic mass is 32.1. The summed E-state index contributed by atoms with van der Waals surface area (Å²) in [6.07, 6.45) is 0.0472. The normalized spacial score (nSPS) is 12.3. The number of hydrogen-bond donors (Lipinski definition) is 1. The SMILES string of the molecule is Cc1ccc(-c2nc(CC(O)c3ccccc3)cs2)cc1. The maximum atomic E-state index is 10.3. The predicted molar refractivity (Wildman–Crippen MR) is 87.4 cm³/mol. The number of aryl methyl sites for hydroxylation is 1. The number of aromatic nitrogens is 1. The maximum Gasteiger partial charge on any atom is 0.123 e. The minimum Gasteiger partial charge on any atom is -0.388 e. The fourth-order valence-corrected chi connectivity index (χ4v) is 3.06. The molecule has 0 aliphatic heterocycles. The van der Waals surface area contributed by atoms with Crippen LogP contribution < -0.4 is 0 Å². The molecule has 3 heteroatoms. The van der Waals surface area contributed by atoms with E-state index in [4.69, 9.17) is 0 Å². The summed E-state index contributed by atoms with van der Waals surface area (Å²) in [4.78, 5) is 4.63. The third-order valence-electron chi connectivity index (χ3n) is 3.44. The first-order valence-electron chi connectivity index (χ1n) is 6.97. The molecule has 0 saturated heterocycles. The highest BCUT2D eigenvalue weighted by molar-refractivity contribution is 7.13. The third-order valence-corrected chi connectivity index (χ3v) is 4.38. The summed E-state index contributed by atoms with van der Waals surface area (Å²) in [7, 11) is 0. The van der Waals surface area contributed by atoms with Crippen LogP contribution in [0.15, 0.2) is 60.0 Å². The highest BCUT2D eigenvalue weighted by Gasteiger charge is 2.11. The number of aliphatic hydroxyl groups is 1. The zero-order valence-corrected chi connectivity index (χ0v) is 12.7. The van der Waals surface area contributed by atoms with Gasteiger partial charge < -0.3 is 5.11 Å².